The third-order valence-corrected chi connectivity index (χ3v) is 6.66. The average Bonchev–Trinajstić information content (AvgIpc) is 3.15. The van der Waals surface area contributed by atoms with Crippen molar-refractivity contribution >= 4 is 38.3 Å². The van der Waals surface area contributed by atoms with Gasteiger partial charge in [0.2, 0.25) is 0 Å². The minimum Gasteiger partial charge on any atom is -0.295 e. The van der Waals surface area contributed by atoms with Crippen LogP contribution in [0.5, 0.6) is 0 Å². The van der Waals surface area contributed by atoms with Gasteiger partial charge in [-0.15, -0.1) is 0 Å². The van der Waals surface area contributed by atoms with Crippen molar-refractivity contribution in [2.24, 2.45) is 14.1 Å². The Morgan fingerprint density at radius 2 is 1.65 bits per heavy atom. The number of nitrogens with zero attached hydrogens (tertiary/aromatic N) is 2. The predicted molar refractivity (Wildman–Crippen MR) is 102 cm³/mol. The zero-order valence-electron chi connectivity index (χ0n) is 14.4. The molecular formula is C18H18ClN3O3S. The molecule has 4 rings (SSSR count). The summed E-state index contributed by atoms with van der Waals surface area (Å²) in [6.07, 6.45) is 2.95. The maximum Gasteiger partial charge on any atom is 0.328 e. The van der Waals surface area contributed by atoms with E-state index in [4.69, 9.17) is 11.6 Å². The summed E-state index contributed by atoms with van der Waals surface area (Å²) in [5.41, 5.74) is 3.59. The monoisotopic (exact) mass is 391 g/mol. The Labute approximate surface area is 156 Å². The molecule has 1 aromatic heterocycles. The first-order valence-electron chi connectivity index (χ1n) is 8.27. The minimum absolute atomic E-state index is 0.199. The molecule has 0 atom stereocenters. The second-order valence-electron chi connectivity index (χ2n) is 6.61. The van der Waals surface area contributed by atoms with Crippen LogP contribution in [-0.4, -0.2) is 17.6 Å². The predicted octanol–water partition coefficient (Wildman–Crippen LogP) is 2.82. The normalized spacial score (nSPS) is 14.0. The Morgan fingerprint density at radius 1 is 1.00 bits per heavy atom. The van der Waals surface area contributed by atoms with Crippen LogP contribution in [0.3, 0.4) is 0 Å². The molecule has 1 aliphatic carbocycles. The summed E-state index contributed by atoms with van der Waals surface area (Å²) in [6, 6.07) is 8.41. The van der Waals surface area contributed by atoms with Crippen molar-refractivity contribution in [2.45, 2.75) is 24.2 Å². The number of halogens is 1. The second-order valence-corrected chi connectivity index (χ2v) is 8.70. The van der Waals surface area contributed by atoms with Crippen molar-refractivity contribution in [1.29, 1.82) is 0 Å². The van der Waals surface area contributed by atoms with E-state index < -0.39 is 10.0 Å². The van der Waals surface area contributed by atoms with Crippen LogP contribution in [0.1, 0.15) is 17.5 Å². The van der Waals surface area contributed by atoms with Gasteiger partial charge in [-0.25, -0.2) is 13.2 Å². The van der Waals surface area contributed by atoms with Crippen molar-refractivity contribution in [3.8, 4) is 0 Å². The van der Waals surface area contributed by atoms with Gasteiger partial charge in [0.15, 0.2) is 0 Å². The summed E-state index contributed by atoms with van der Waals surface area (Å²) >= 11 is 6.27. The van der Waals surface area contributed by atoms with Crippen molar-refractivity contribution in [3.63, 3.8) is 0 Å². The maximum absolute atomic E-state index is 12.8. The number of hydrogen-bond acceptors (Lipinski definition) is 3. The van der Waals surface area contributed by atoms with Crippen LogP contribution in [0.25, 0.3) is 11.0 Å². The van der Waals surface area contributed by atoms with Crippen molar-refractivity contribution in [1.82, 2.24) is 9.13 Å². The van der Waals surface area contributed by atoms with E-state index in [1.165, 1.54) is 14.7 Å². The Hall–Kier alpha value is -2.25. The number of benzene rings is 2. The van der Waals surface area contributed by atoms with E-state index in [-0.39, 0.29) is 21.3 Å². The number of fused-ring (bicyclic) bond motifs is 2. The van der Waals surface area contributed by atoms with Crippen LogP contribution in [0, 0.1) is 0 Å². The van der Waals surface area contributed by atoms with E-state index in [1.807, 2.05) is 6.07 Å². The van der Waals surface area contributed by atoms with Crippen molar-refractivity contribution in [3.05, 3.63) is 57.0 Å². The van der Waals surface area contributed by atoms with Gasteiger partial charge < -0.3 is 0 Å². The van der Waals surface area contributed by atoms with E-state index in [1.54, 1.807) is 38.4 Å². The zero-order valence-corrected chi connectivity index (χ0v) is 16.0. The highest BCUT2D eigenvalue weighted by Crippen LogP contribution is 2.30. The molecule has 1 aliphatic rings. The Bertz CT molecular complexity index is 1210. The molecule has 0 saturated heterocycles. The smallest absolute Gasteiger partial charge is 0.295 e. The van der Waals surface area contributed by atoms with Gasteiger partial charge in [-0.05, 0) is 54.7 Å². The number of anilines is 1. The standard InChI is InChI=1S/C18H18ClN3O3S/c1-21-16-9-14(19)15(10-17(16)22(2)18(21)23)20-26(24,25)13-7-6-11-4-3-5-12(11)8-13/h6-10,20H,3-5H2,1-2H3. The molecule has 1 heterocycles. The number of aryl methyl sites for hydroxylation is 4. The van der Waals surface area contributed by atoms with Gasteiger partial charge in [0.05, 0.1) is 26.6 Å². The summed E-state index contributed by atoms with van der Waals surface area (Å²) < 4.78 is 31.1. The number of nitrogens with one attached hydrogen (secondary N) is 1. The van der Waals surface area contributed by atoms with Gasteiger partial charge >= 0.3 is 5.69 Å². The Balaban J connectivity index is 1.77. The molecule has 0 spiro atoms. The number of sulfonamides is 1. The topological polar surface area (TPSA) is 73.1 Å². The second kappa shape index (κ2) is 5.89. The third-order valence-electron chi connectivity index (χ3n) is 4.99. The first-order valence-corrected chi connectivity index (χ1v) is 10.1. The van der Waals surface area contributed by atoms with Crippen LogP contribution in [0.2, 0.25) is 5.02 Å². The lowest BCUT2D eigenvalue weighted by Crippen LogP contribution is -2.19. The van der Waals surface area contributed by atoms with Crippen LogP contribution >= 0.6 is 11.6 Å². The largest absolute Gasteiger partial charge is 0.328 e. The fourth-order valence-electron chi connectivity index (χ4n) is 3.52. The van der Waals surface area contributed by atoms with Crippen LogP contribution < -0.4 is 10.4 Å². The first kappa shape index (κ1) is 17.2. The molecule has 0 aliphatic heterocycles. The van der Waals surface area contributed by atoms with Crippen molar-refractivity contribution in [2.75, 3.05) is 4.72 Å². The summed E-state index contributed by atoms with van der Waals surface area (Å²) in [6.45, 7) is 0. The summed E-state index contributed by atoms with van der Waals surface area (Å²) in [5, 5.41) is 0.239. The molecule has 0 saturated carbocycles. The average molecular weight is 392 g/mol. The lowest BCUT2D eigenvalue weighted by molar-refractivity contribution is 0.601. The summed E-state index contributed by atoms with van der Waals surface area (Å²) in [5.74, 6) is 0. The molecule has 26 heavy (non-hydrogen) atoms. The highest BCUT2D eigenvalue weighted by atomic mass is 35.5. The molecule has 3 aromatic rings. The molecular weight excluding hydrogens is 374 g/mol. The van der Waals surface area contributed by atoms with Gasteiger partial charge in [0.1, 0.15) is 0 Å². The number of rotatable bonds is 3. The van der Waals surface area contributed by atoms with Gasteiger partial charge in [-0.1, -0.05) is 17.7 Å². The van der Waals surface area contributed by atoms with Gasteiger partial charge in [0.25, 0.3) is 10.0 Å². The molecule has 1 N–H and O–H groups in total. The molecule has 8 heteroatoms. The lowest BCUT2D eigenvalue weighted by Gasteiger charge is -2.11. The lowest BCUT2D eigenvalue weighted by atomic mass is 10.1. The Morgan fingerprint density at radius 3 is 2.38 bits per heavy atom. The maximum atomic E-state index is 12.8. The fourth-order valence-corrected chi connectivity index (χ4v) is 4.90. The first-order chi connectivity index (χ1) is 12.3. The molecule has 0 unspecified atom stereocenters. The van der Waals surface area contributed by atoms with E-state index in [0.717, 1.165) is 24.8 Å². The quantitative estimate of drug-likeness (QED) is 0.746. The number of aromatic nitrogens is 2. The minimum atomic E-state index is -3.77. The summed E-state index contributed by atoms with van der Waals surface area (Å²) in [4.78, 5) is 12.3. The molecule has 0 fully saturated rings. The number of imidazole rings is 1. The highest BCUT2D eigenvalue weighted by molar-refractivity contribution is 7.92. The molecule has 0 amide bonds. The third kappa shape index (κ3) is 2.62. The molecule has 0 radical (unpaired) electrons. The van der Waals surface area contributed by atoms with Crippen LogP contribution in [0.4, 0.5) is 5.69 Å². The summed E-state index contributed by atoms with van der Waals surface area (Å²) in [7, 11) is -0.486. The van der Waals surface area contributed by atoms with Gasteiger partial charge in [-0.3, -0.25) is 13.9 Å². The molecule has 136 valence electrons. The molecule has 2 aromatic carbocycles. The Kier molecular flexibility index (Phi) is 3.89. The number of hydrogen-bond donors (Lipinski definition) is 1. The fraction of sp³-hybridized carbons (Fsp3) is 0.278. The van der Waals surface area contributed by atoms with E-state index in [0.29, 0.717) is 11.0 Å². The highest BCUT2D eigenvalue weighted by Gasteiger charge is 2.20. The SMILES string of the molecule is Cn1c(=O)n(C)c2cc(NS(=O)(=O)c3ccc4c(c3)CCC4)c(Cl)cc21. The van der Waals surface area contributed by atoms with Crippen molar-refractivity contribution < 1.29 is 8.42 Å². The zero-order chi connectivity index (χ0) is 18.6. The van der Waals surface area contributed by atoms with Gasteiger partial charge in [-0.2, -0.15) is 0 Å². The van der Waals surface area contributed by atoms with E-state index in [2.05, 4.69) is 4.72 Å². The van der Waals surface area contributed by atoms with E-state index >= 15 is 0 Å². The van der Waals surface area contributed by atoms with E-state index in [9.17, 15) is 13.2 Å². The van der Waals surface area contributed by atoms with Crippen LogP contribution in [0.15, 0.2) is 40.0 Å². The molecule has 0 bridgehead atoms. The van der Waals surface area contributed by atoms with Crippen LogP contribution in [-0.2, 0) is 37.0 Å². The van der Waals surface area contributed by atoms with Gasteiger partial charge in [0, 0.05) is 14.1 Å². The molecule has 6 nitrogen and oxygen atoms in total.